The van der Waals surface area contributed by atoms with Gasteiger partial charge in [-0.2, -0.15) is 4.98 Å². The number of aromatic nitrogens is 2. The van der Waals surface area contributed by atoms with Crippen LogP contribution in [0.25, 0.3) is 11.5 Å². The monoisotopic (exact) mass is 344 g/mol. The minimum Gasteiger partial charge on any atom is -0.334 e. The van der Waals surface area contributed by atoms with Crippen LogP contribution in [0, 0.1) is 12.7 Å². The van der Waals surface area contributed by atoms with Crippen LogP contribution in [-0.4, -0.2) is 14.3 Å². The first kappa shape index (κ1) is 16.5. The first-order valence-electron chi connectivity index (χ1n) is 7.56. The van der Waals surface area contributed by atoms with Crippen LogP contribution in [0.3, 0.4) is 0 Å². The van der Waals surface area contributed by atoms with Gasteiger partial charge in [-0.05, 0) is 43.2 Å². The Bertz CT molecular complexity index is 861. The SMILES string of the molecule is Cc1ccccc1-c1nc(C[S@](=O)[C@@H](C)c2ccc(F)cc2)no1. The van der Waals surface area contributed by atoms with E-state index < -0.39 is 10.8 Å². The van der Waals surface area contributed by atoms with E-state index in [1.165, 1.54) is 12.1 Å². The molecule has 0 radical (unpaired) electrons. The average molecular weight is 344 g/mol. The molecule has 6 heteroatoms. The molecule has 1 heterocycles. The van der Waals surface area contributed by atoms with Gasteiger partial charge in [0.05, 0.1) is 11.0 Å². The number of hydrogen-bond acceptors (Lipinski definition) is 4. The maximum atomic E-state index is 13.0. The predicted octanol–water partition coefficient (Wildman–Crippen LogP) is 4.19. The van der Waals surface area contributed by atoms with Crippen LogP contribution in [0.15, 0.2) is 53.1 Å². The fourth-order valence-corrected chi connectivity index (χ4v) is 3.46. The van der Waals surface area contributed by atoms with Crippen molar-refractivity contribution < 1.29 is 13.1 Å². The summed E-state index contributed by atoms with van der Waals surface area (Å²) < 4.78 is 30.8. The van der Waals surface area contributed by atoms with Crippen LogP contribution < -0.4 is 0 Å². The van der Waals surface area contributed by atoms with Gasteiger partial charge in [-0.25, -0.2) is 4.39 Å². The van der Waals surface area contributed by atoms with E-state index in [4.69, 9.17) is 4.52 Å². The van der Waals surface area contributed by atoms with E-state index in [1.54, 1.807) is 12.1 Å². The first-order valence-corrected chi connectivity index (χ1v) is 8.94. The highest BCUT2D eigenvalue weighted by Crippen LogP contribution is 2.24. The molecule has 0 aliphatic carbocycles. The Hall–Kier alpha value is -2.34. The van der Waals surface area contributed by atoms with Crippen molar-refractivity contribution in [2.75, 3.05) is 0 Å². The number of halogens is 1. The van der Waals surface area contributed by atoms with Crippen molar-refractivity contribution in [3.05, 3.63) is 71.3 Å². The van der Waals surface area contributed by atoms with Gasteiger partial charge < -0.3 is 4.52 Å². The standard InChI is InChI=1S/C18H17FN2O2S/c1-12-5-3-4-6-16(12)18-20-17(21-23-18)11-24(22)13(2)14-7-9-15(19)10-8-14/h3-10,13H,11H2,1-2H3/t13-,24-/m0/s1. The Labute approximate surface area is 142 Å². The lowest BCUT2D eigenvalue weighted by atomic mass is 10.1. The van der Waals surface area contributed by atoms with Crippen molar-refractivity contribution in [1.29, 1.82) is 0 Å². The molecule has 0 spiro atoms. The number of nitrogens with zero attached hydrogens (tertiary/aromatic N) is 2. The van der Waals surface area contributed by atoms with Crippen LogP contribution in [0.2, 0.25) is 0 Å². The molecule has 0 aliphatic rings. The summed E-state index contributed by atoms with van der Waals surface area (Å²) in [7, 11) is -1.23. The molecule has 124 valence electrons. The summed E-state index contributed by atoms with van der Waals surface area (Å²) in [5, 5.41) is 3.68. The average Bonchev–Trinajstić information content (AvgIpc) is 3.03. The third-order valence-corrected chi connectivity index (χ3v) is 5.45. The molecule has 0 saturated carbocycles. The highest BCUT2D eigenvalue weighted by atomic mass is 32.2. The molecule has 0 aliphatic heterocycles. The molecule has 0 saturated heterocycles. The van der Waals surface area contributed by atoms with Crippen molar-refractivity contribution >= 4 is 10.8 Å². The zero-order chi connectivity index (χ0) is 17.1. The highest BCUT2D eigenvalue weighted by molar-refractivity contribution is 7.84. The van der Waals surface area contributed by atoms with Crippen LogP contribution in [0.5, 0.6) is 0 Å². The number of benzene rings is 2. The molecule has 3 aromatic rings. The summed E-state index contributed by atoms with van der Waals surface area (Å²) in [6.45, 7) is 3.81. The van der Waals surface area contributed by atoms with Gasteiger partial charge in [-0.3, -0.25) is 4.21 Å². The number of aryl methyl sites for hydroxylation is 1. The molecule has 2 aromatic carbocycles. The zero-order valence-corrected chi connectivity index (χ0v) is 14.2. The molecule has 24 heavy (non-hydrogen) atoms. The van der Waals surface area contributed by atoms with Crippen molar-refractivity contribution in [3.8, 4) is 11.5 Å². The van der Waals surface area contributed by atoms with E-state index in [1.807, 2.05) is 38.1 Å². The first-order chi connectivity index (χ1) is 11.5. The summed E-state index contributed by atoms with van der Waals surface area (Å²) in [6.07, 6.45) is 0. The second-order valence-electron chi connectivity index (χ2n) is 5.55. The molecule has 0 amide bonds. The molecule has 0 unspecified atom stereocenters. The molecule has 3 rings (SSSR count). The smallest absolute Gasteiger partial charge is 0.258 e. The van der Waals surface area contributed by atoms with Gasteiger partial charge in [0, 0.05) is 16.4 Å². The third-order valence-electron chi connectivity index (χ3n) is 3.85. The highest BCUT2D eigenvalue weighted by Gasteiger charge is 2.18. The number of hydrogen-bond donors (Lipinski definition) is 0. The van der Waals surface area contributed by atoms with Crippen molar-refractivity contribution in [2.24, 2.45) is 0 Å². The summed E-state index contributed by atoms with van der Waals surface area (Å²) >= 11 is 0. The molecule has 0 N–H and O–H groups in total. The van der Waals surface area contributed by atoms with E-state index in [0.29, 0.717) is 11.7 Å². The largest absolute Gasteiger partial charge is 0.334 e. The van der Waals surface area contributed by atoms with Gasteiger partial charge in [0.2, 0.25) is 0 Å². The molecular weight excluding hydrogens is 327 g/mol. The van der Waals surface area contributed by atoms with Gasteiger partial charge in [0.1, 0.15) is 5.82 Å². The lowest BCUT2D eigenvalue weighted by molar-refractivity contribution is 0.424. The van der Waals surface area contributed by atoms with Crippen molar-refractivity contribution in [2.45, 2.75) is 24.9 Å². The van der Waals surface area contributed by atoms with Crippen LogP contribution in [0.4, 0.5) is 4.39 Å². The molecule has 0 bridgehead atoms. The minimum atomic E-state index is -1.23. The second kappa shape index (κ2) is 7.05. The lowest BCUT2D eigenvalue weighted by Gasteiger charge is -2.10. The minimum absolute atomic E-state index is 0.188. The van der Waals surface area contributed by atoms with Gasteiger partial charge in [0.25, 0.3) is 5.89 Å². The summed E-state index contributed by atoms with van der Waals surface area (Å²) in [4.78, 5) is 4.34. The van der Waals surface area contributed by atoms with E-state index in [2.05, 4.69) is 10.1 Å². The second-order valence-corrected chi connectivity index (χ2v) is 7.31. The summed E-state index contributed by atoms with van der Waals surface area (Å²) in [5.74, 6) is 0.710. The molecule has 1 aromatic heterocycles. The topological polar surface area (TPSA) is 56.0 Å². The van der Waals surface area contributed by atoms with E-state index in [-0.39, 0.29) is 16.8 Å². The van der Waals surface area contributed by atoms with Crippen LogP contribution in [-0.2, 0) is 16.6 Å². The van der Waals surface area contributed by atoms with Crippen LogP contribution in [0.1, 0.15) is 29.1 Å². The maximum absolute atomic E-state index is 13.0. The van der Waals surface area contributed by atoms with Crippen molar-refractivity contribution in [3.63, 3.8) is 0 Å². The summed E-state index contributed by atoms with van der Waals surface area (Å²) in [5.41, 5.74) is 2.72. The van der Waals surface area contributed by atoms with Crippen molar-refractivity contribution in [1.82, 2.24) is 10.1 Å². The van der Waals surface area contributed by atoms with Gasteiger partial charge in [-0.1, -0.05) is 35.5 Å². The molecule has 2 atom stereocenters. The Kier molecular flexibility index (Phi) is 4.85. The quantitative estimate of drug-likeness (QED) is 0.696. The Balaban J connectivity index is 1.73. The number of rotatable bonds is 5. The maximum Gasteiger partial charge on any atom is 0.258 e. The van der Waals surface area contributed by atoms with Gasteiger partial charge in [-0.15, -0.1) is 0 Å². The Morgan fingerprint density at radius 1 is 1.17 bits per heavy atom. The fourth-order valence-electron chi connectivity index (χ4n) is 2.37. The normalized spacial score (nSPS) is 13.6. The fraction of sp³-hybridized carbons (Fsp3) is 0.222. The van der Waals surface area contributed by atoms with E-state index in [0.717, 1.165) is 16.7 Å². The van der Waals surface area contributed by atoms with E-state index >= 15 is 0 Å². The Morgan fingerprint density at radius 2 is 1.88 bits per heavy atom. The predicted molar refractivity (Wildman–Crippen MR) is 91.1 cm³/mol. The van der Waals surface area contributed by atoms with Gasteiger partial charge in [0.15, 0.2) is 5.82 Å². The molecule has 4 nitrogen and oxygen atoms in total. The Morgan fingerprint density at radius 3 is 2.58 bits per heavy atom. The van der Waals surface area contributed by atoms with E-state index in [9.17, 15) is 8.60 Å². The third kappa shape index (κ3) is 3.59. The molecule has 0 fully saturated rings. The van der Waals surface area contributed by atoms with Gasteiger partial charge >= 0.3 is 0 Å². The summed E-state index contributed by atoms with van der Waals surface area (Å²) in [6, 6.07) is 13.7. The molecular formula is C18H17FN2O2S. The lowest BCUT2D eigenvalue weighted by Crippen LogP contribution is -2.06. The van der Waals surface area contributed by atoms with Crippen LogP contribution >= 0.6 is 0 Å². The zero-order valence-electron chi connectivity index (χ0n) is 13.4.